The van der Waals surface area contributed by atoms with Gasteiger partial charge in [0.2, 0.25) is 5.91 Å². The standard InChI is InChI=1S/C30H36N8O4/c1-17-7-8-22(31-14-17)20-12-21(20)28(39)34-25-13-26-33-23(9-10-38(26)35-25)27-24(15-32-36(27)6)41-19-11-18(2)37(16-19)29(40)42-30(3,4)5/h7-10,13-15,18-21H,11-12,16H2,1-6H3,(H,34,35,39)/t18-,19-,20+,21-/m0/s1. The van der Waals surface area contributed by atoms with E-state index in [0.29, 0.717) is 41.6 Å². The van der Waals surface area contributed by atoms with Gasteiger partial charge >= 0.3 is 6.09 Å². The van der Waals surface area contributed by atoms with E-state index in [1.54, 1.807) is 32.6 Å². The van der Waals surface area contributed by atoms with Gasteiger partial charge < -0.3 is 19.7 Å². The zero-order chi connectivity index (χ0) is 29.8. The van der Waals surface area contributed by atoms with Crippen molar-refractivity contribution < 1.29 is 19.1 Å². The summed E-state index contributed by atoms with van der Waals surface area (Å²) in [7, 11) is 1.83. The SMILES string of the molecule is Cc1ccc([C@@H]2C[C@@H]2C(=O)Nc2cc3nc(-c4c(O[C@H]5C[C@H](C)N(C(=O)OC(C)(C)C)C5)cnn4C)ccn3n2)nc1. The van der Waals surface area contributed by atoms with Crippen LogP contribution in [0, 0.1) is 12.8 Å². The van der Waals surface area contributed by atoms with Crippen LogP contribution in [0.4, 0.5) is 10.6 Å². The molecule has 220 valence electrons. The molecule has 12 nitrogen and oxygen atoms in total. The van der Waals surface area contributed by atoms with Crippen molar-refractivity contribution in [1.82, 2.24) is 34.3 Å². The molecule has 4 aromatic rings. The summed E-state index contributed by atoms with van der Waals surface area (Å²) in [6.07, 6.45) is 6.19. The molecule has 1 N–H and O–H groups in total. The Hall–Kier alpha value is -4.48. The average Bonchev–Trinajstić information content (AvgIpc) is 3.30. The highest BCUT2D eigenvalue weighted by Gasteiger charge is 2.45. The number of aryl methyl sites for hydroxylation is 2. The highest BCUT2D eigenvalue weighted by Crippen LogP contribution is 2.47. The first kappa shape index (κ1) is 27.7. The molecule has 0 unspecified atom stereocenters. The van der Waals surface area contributed by atoms with Gasteiger partial charge in [0.1, 0.15) is 17.4 Å². The number of carbonyl (C=O) groups is 2. The highest BCUT2D eigenvalue weighted by molar-refractivity contribution is 5.94. The Bertz CT molecular complexity index is 1640. The van der Waals surface area contributed by atoms with E-state index in [2.05, 4.69) is 20.5 Å². The lowest BCUT2D eigenvalue weighted by molar-refractivity contribution is -0.117. The van der Waals surface area contributed by atoms with Crippen LogP contribution in [-0.2, 0) is 16.6 Å². The zero-order valence-corrected chi connectivity index (χ0v) is 24.7. The van der Waals surface area contributed by atoms with E-state index in [-0.39, 0.29) is 36.0 Å². The Balaban J connectivity index is 1.14. The van der Waals surface area contributed by atoms with Crippen LogP contribution in [0.1, 0.15) is 57.7 Å². The van der Waals surface area contributed by atoms with Crippen LogP contribution in [0.15, 0.2) is 42.9 Å². The molecule has 2 aliphatic rings. The summed E-state index contributed by atoms with van der Waals surface area (Å²) < 4.78 is 15.3. The van der Waals surface area contributed by atoms with E-state index in [9.17, 15) is 9.59 Å². The first-order valence-electron chi connectivity index (χ1n) is 14.2. The van der Waals surface area contributed by atoms with Gasteiger partial charge in [-0.25, -0.2) is 14.3 Å². The Morgan fingerprint density at radius 1 is 1.12 bits per heavy atom. The first-order valence-corrected chi connectivity index (χ1v) is 14.2. The maximum Gasteiger partial charge on any atom is 0.410 e. The number of rotatable bonds is 6. The molecule has 1 saturated carbocycles. The number of hydrogen-bond acceptors (Lipinski definition) is 8. The van der Waals surface area contributed by atoms with Gasteiger partial charge in [-0.2, -0.15) is 5.10 Å². The van der Waals surface area contributed by atoms with Crippen LogP contribution in [-0.4, -0.2) is 70.6 Å². The Morgan fingerprint density at radius 2 is 1.93 bits per heavy atom. The number of carbonyl (C=O) groups excluding carboxylic acids is 2. The molecule has 2 amide bonds. The second-order valence-electron chi connectivity index (χ2n) is 12.3. The summed E-state index contributed by atoms with van der Waals surface area (Å²) in [5, 5.41) is 11.8. The Morgan fingerprint density at radius 3 is 2.67 bits per heavy atom. The number of fused-ring (bicyclic) bond motifs is 1. The van der Waals surface area contributed by atoms with Gasteiger partial charge in [-0.05, 0) is 58.7 Å². The minimum absolute atomic E-state index is 0.0149. The number of aromatic nitrogens is 6. The molecule has 0 aromatic carbocycles. The Labute approximate surface area is 244 Å². The average molecular weight is 573 g/mol. The monoisotopic (exact) mass is 572 g/mol. The largest absolute Gasteiger partial charge is 0.484 e. The predicted molar refractivity (Wildman–Crippen MR) is 155 cm³/mol. The van der Waals surface area contributed by atoms with Gasteiger partial charge in [0.15, 0.2) is 17.2 Å². The quantitative estimate of drug-likeness (QED) is 0.361. The van der Waals surface area contributed by atoms with Gasteiger partial charge in [0.05, 0.1) is 18.4 Å². The van der Waals surface area contributed by atoms with Crippen molar-refractivity contribution in [3.05, 3.63) is 54.1 Å². The second kappa shape index (κ2) is 10.4. The zero-order valence-electron chi connectivity index (χ0n) is 24.7. The lowest BCUT2D eigenvalue weighted by atomic mass is 10.2. The van der Waals surface area contributed by atoms with Crippen molar-refractivity contribution in [1.29, 1.82) is 0 Å². The number of anilines is 1. The number of likely N-dealkylation sites (tertiary alicyclic amines) is 1. The number of pyridine rings is 1. The van der Waals surface area contributed by atoms with E-state index in [1.165, 1.54) is 0 Å². The van der Waals surface area contributed by atoms with Gasteiger partial charge in [-0.15, -0.1) is 5.10 Å². The lowest BCUT2D eigenvalue weighted by Crippen LogP contribution is -2.39. The molecule has 5 heterocycles. The molecule has 42 heavy (non-hydrogen) atoms. The van der Waals surface area contributed by atoms with E-state index >= 15 is 0 Å². The van der Waals surface area contributed by atoms with Gasteiger partial charge in [-0.3, -0.25) is 14.5 Å². The van der Waals surface area contributed by atoms with Crippen LogP contribution in [0.25, 0.3) is 17.0 Å². The molecular weight excluding hydrogens is 536 g/mol. The molecule has 0 radical (unpaired) electrons. The summed E-state index contributed by atoms with van der Waals surface area (Å²) >= 11 is 0. The fourth-order valence-corrected chi connectivity index (χ4v) is 5.42. The summed E-state index contributed by atoms with van der Waals surface area (Å²) in [4.78, 5) is 36.5. The second-order valence-corrected chi connectivity index (χ2v) is 12.3. The fraction of sp³-hybridized carbons (Fsp3) is 0.467. The third-order valence-corrected chi connectivity index (χ3v) is 7.62. The van der Waals surface area contributed by atoms with Crippen molar-refractivity contribution in [2.45, 2.75) is 71.1 Å². The molecule has 12 heteroatoms. The molecule has 1 saturated heterocycles. The Kier molecular flexibility index (Phi) is 6.86. The van der Waals surface area contributed by atoms with Gasteiger partial charge in [-0.1, -0.05) is 6.07 Å². The van der Waals surface area contributed by atoms with Crippen molar-refractivity contribution in [2.24, 2.45) is 13.0 Å². The topological polar surface area (TPSA) is 129 Å². The number of amides is 2. The van der Waals surface area contributed by atoms with Gasteiger partial charge in [0.25, 0.3) is 0 Å². The highest BCUT2D eigenvalue weighted by atomic mass is 16.6. The predicted octanol–water partition coefficient (Wildman–Crippen LogP) is 4.35. The molecule has 1 aliphatic heterocycles. The molecule has 1 aliphatic carbocycles. The summed E-state index contributed by atoms with van der Waals surface area (Å²) in [6.45, 7) is 9.98. The molecule has 4 aromatic heterocycles. The number of ether oxygens (including phenoxy) is 2. The molecule has 4 atom stereocenters. The van der Waals surface area contributed by atoms with Crippen molar-refractivity contribution in [2.75, 3.05) is 11.9 Å². The third kappa shape index (κ3) is 5.65. The smallest absolute Gasteiger partial charge is 0.410 e. The minimum atomic E-state index is -0.563. The molecular formula is C30H36N8O4. The number of hydrogen-bond donors (Lipinski definition) is 1. The third-order valence-electron chi connectivity index (χ3n) is 7.62. The van der Waals surface area contributed by atoms with Crippen LogP contribution in [0.5, 0.6) is 5.75 Å². The molecule has 6 rings (SSSR count). The minimum Gasteiger partial charge on any atom is -0.484 e. The maximum atomic E-state index is 12.9. The fourth-order valence-electron chi connectivity index (χ4n) is 5.42. The van der Waals surface area contributed by atoms with Crippen LogP contribution in [0.2, 0.25) is 0 Å². The van der Waals surface area contributed by atoms with Crippen molar-refractivity contribution in [3.63, 3.8) is 0 Å². The summed E-state index contributed by atoms with van der Waals surface area (Å²) in [6, 6.07) is 7.58. The lowest BCUT2D eigenvalue weighted by Gasteiger charge is -2.26. The first-order chi connectivity index (χ1) is 19.9. The van der Waals surface area contributed by atoms with E-state index in [0.717, 1.165) is 17.7 Å². The number of nitrogens with zero attached hydrogens (tertiary/aromatic N) is 7. The van der Waals surface area contributed by atoms with E-state index < -0.39 is 5.60 Å². The van der Waals surface area contributed by atoms with Crippen LogP contribution in [0.3, 0.4) is 0 Å². The van der Waals surface area contributed by atoms with E-state index in [4.69, 9.17) is 14.5 Å². The van der Waals surface area contributed by atoms with Crippen LogP contribution < -0.4 is 10.1 Å². The van der Waals surface area contributed by atoms with Crippen LogP contribution >= 0.6 is 0 Å². The normalized spacial score (nSPS) is 21.9. The maximum absolute atomic E-state index is 12.9. The van der Waals surface area contributed by atoms with Gasteiger partial charge in [0, 0.05) is 55.5 Å². The van der Waals surface area contributed by atoms with Crippen molar-refractivity contribution in [3.8, 4) is 17.1 Å². The summed E-state index contributed by atoms with van der Waals surface area (Å²) in [5.41, 5.74) is 3.41. The summed E-state index contributed by atoms with van der Waals surface area (Å²) in [5.74, 6) is 0.965. The molecule has 2 fully saturated rings. The molecule has 0 bridgehead atoms. The van der Waals surface area contributed by atoms with Crippen molar-refractivity contribution >= 4 is 23.5 Å². The number of nitrogens with one attached hydrogen (secondary N) is 1. The molecule has 0 spiro atoms. The van der Waals surface area contributed by atoms with E-state index in [1.807, 2.05) is 66.1 Å².